The Hall–Kier alpha value is -2.44. The number of hydrogen-bond acceptors (Lipinski definition) is 5. The number of carbonyl (C=O) groups is 2. The SMILES string of the molecule is COc1cccc(OCC(=O)N2CCC[C@H]2CNC(=O)OC(C)(C)C)c1. The maximum Gasteiger partial charge on any atom is 0.407 e. The summed E-state index contributed by atoms with van der Waals surface area (Å²) in [4.78, 5) is 26.0. The van der Waals surface area contributed by atoms with E-state index in [0.717, 1.165) is 12.8 Å². The largest absolute Gasteiger partial charge is 0.497 e. The van der Waals surface area contributed by atoms with Crippen molar-refractivity contribution < 1.29 is 23.8 Å². The summed E-state index contributed by atoms with van der Waals surface area (Å²) in [5, 5.41) is 2.74. The van der Waals surface area contributed by atoms with Crippen LogP contribution in [0, 0.1) is 0 Å². The van der Waals surface area contributed by atoms with Crippen molar-refractivity contribution in [1.29, 1.82) is 0 Å². The standard InChI is InChI=1S/C19H28N2O5/c1-19(2,3)26-18(23)20-12-14-7-6-10-21(14)17(22)13-25-16-9-5-8-15(11-16)24-4/h5,8-9,11,14H,6-7,10,12-13H2,1-4H3,(H,20,23)/t14-/m0/s1. The number of benzene rings is 1. The first-order valence-corrected chi connectivity index (χ1v) is 8.81. The Morgan fingerprint density at radius 2 is 2.00 bits per heavy atom. The van der Waals surface area contributed by atoms with Gasteiger partial charge in [0.2, 0.25) is 0 Å². The van der Waals surface area contributed by atoms with Crippen molar-refractivity contribution in [1.82, 2.24) is 10.2 Å². The highest BCUT2D eigenvalue weighted by Gasteiger charge is 2.29. The number of ether oxygens (including phenoxy) is 3. The van der Waals surface area contributed by atoms with Crippen molar-refractivity contribution in [2.75, 3.05) is 26.8 Å². The zero-order valence-electron chi connectivity index (χ0n) is 15.9. The second-order valence-corrected chi connectivity index (χ2v) is 7.23. The summed E-state index contributed by atoms with van der Waals surface area (Å²) in [6.45, 7) is 6.44. The number of rotatable bonds is 6. The summed E-state index contributed by atoms with van der Waals surface area (Å²) in [5.74, 6) is 1.16. The molecule has 1 aliphatic heterocycles. The second kappa shape index (κ2) is 8.78. The molecule has 144 valence electrons. The van der Waals surface area contributed by atoms with Crippen LogP contribution in [-0.4, -0.2) is 55.3 Å². The van der Waals surface area contributed by atoms with Gasteiger partial charge in [0, 0.05) is 25.2 Å². The molecule has 1 saturated heterocycles. The third kappa shape index (κ3) is 6.13. The van der Waals surface area contributed by atoms with Gasteiger partial charge in [0.25, 0.3) is 5.91 Å². The van der Waals surface area contributed by atoms with Crippen molar-refractivity contribution in [2.24, 2.45) is 0 Å². The molecular weight excluding hydrogens is 336 g/mol. The molecule has 7 nitrogen and oxygen atoms in total. The van der Waals surface area contributed by atoms with Gasteiger partial charge in [0.05, 0.1) is 7.11 Å². The van der Waals surface area contributed by atoms with Crippen LogP contribution >= 0.6 is 0 Å². The van der Waals surface area contributed by atoms with E-state index in [1.807, 2.05) is 32.9 Å². The summed E-state index contributed by atoms with van der Waals surface area (Å²) in [7, 11) is 1.58. The van der Waals surface area contributed by atoms with Gasteiger partial charge >= 0.3 is 6.09 Å². The van der Waals surface area contributed by atoms with Crippen molar-refractivity contribution in [2.45, 2.75) is 45.3 Å². The molecule has 1 fully saturated rings. The second-order valence-electron chi connectivity index (χ2n) is 7.23. The fraction of sp³-hybridized carbons (Fsp3) is 0.579. The minimum atomic E-state index is -0.542. The Bertz CT molecular complexity index is 627. The highest BCUT2D eigenvalue weighted by Crippen LogP contribution is 2.20. The van der Waals surface area contributed by atoms with Crippen LogP contribution in [0.4, 0.5) is 4.79 Å². The molecule has 0 unspecified atom stereocenters. The first kappa shape index (κ1) is 19.9. The number of carbonyl (C=O) groups excluding carboxylic acids is 2. The molecule has 1 atom stereocenters. The smallest absolute Gasteiger partial charge is 0.407 e. The lowest BCUT2D eigenvalue weighted by molar-refractivity contribution is -0.134. The average Bonchev–Trinajstić information content (AvgIpc) is 3.05. The van der Waals surface area contributed by atoms with Gasteiger partial charge in [0.1, 0.15) is 17.1 Å². The number of alkyl carbamates (subject to hydrolysis) is 1. The average molecular weight is 364 g/mol. The molecule has 0 spiro atoms. The van der Waals surface area contributed by atoms with E-state index >= 15 is 0 Å². The molecule has 0 aliphatic carbocycles. The molecule has 0 aromatic heterocycles. The quantitative estimate of drug-likeness (QED) is 0.839. The number of nitrogens with zero attached hydrogens (tertiary/aromatic N) is 1. The molecule has 2 rings (SSSR count). The lowest BCUT2D eigenvalue weighted by Gasteiger charge is -2.26. The molecule has 1 aromatic carbocycles. The van der Waals surface area contributed by atoms with E-state index in [4.69, 9.17) is 14.2 Å². The number of nitrogens with one attached hydrogen (secondary N) is 1. The van der Waals surface area contributed by atoms with Gasteiger partial charge < -0.3 is 24.4 Å². The van der Waals surface area contributed by atoms with Crippen molar-refractivity contribution in [3.05, 3.63) is 24.3 Å². The Labute approximate surface area is 154 Å². The summed E-state index contributed by atoms with van der Waals surface area (Å²) in [6.07, 6.45) is 1.29. The van der Waals surface area contributed by atoms with Crippen LogP contribution in [0.15, 0.2) is 24.3 Å². The zero-order chi connectivity index (χ0) is 19.2. The predicted octanol–water partition coefficient (Wildman–Crippen LogP) is 2.59. The van der Waals surface area contributed by atoms with E-state index in [-0.39, 0.29) is 18.6 Å². The molecule has 0 radical (unpaired) electrons. The van der Waals surface area contributed by atoms with Crippen molar-refractivity contribution in [3.8, 4) is 11.5 Å². The summed E-state index contributed by atoms with van der Waals surface area (Å²) >= 11 is 0. The third-order valence-corrected chi connectivity index (χ3v) is 3.98. The van der Waals surface area contributed by atoms with Gasteiger partial charge in [-0.3, -0.25) is 4.79 Å². The molecule has 1 N–H and O–H groups in total. The summed E-state index contributed by atoms with van der Waals surface area (Å²) in [5.41, 5.74) is -0.542. The molecule has 26 heavy (non-hydrogen) atoms. The van der Waals surface area contributed by atoms with Gasteiger partial charge in [-0.15, -0.1) is 0 Å². The van der Waals surface area contributed by atoms with Crippen molar-refractivity contribution in [3.63, 3.8) is 0 Å². The lowest BCUT2D eigenvalue weighted by Crippen LogP contribution is -2.45. The van der Waals surface area contributed by atoms with Crippen LogP contribution in [0.25, 0.3) is 0 Å². The minimum Gasteiger partial charge on any atom is -0.497 e. The highest BCUT2D eigenvalue weighted by molar-refractivity contribution is 5.78. The van der Waals surface area contributed by atoms with E-state index in [1.165, 1.54) is 0 Å². The van der Waals surface area contributed by atoms with Crippen LogP contribution in [0.2, 0.25) is 0 Å². The summed E-state index contributed by atoms with van der Waals surface area (Å²) < 4.78 is 15.9. The van der Waals surface area contributed by atoms with E-state index in [0.29, 0.717) is 24.6 Å². The maximum atomic E-state index is 12.5. The Morgan fingerprint density at radius 3 is 2.69 bits per heavy atom. The third-order valence-electron chi connectivity index (χ3n) is 3.98. The maximum absolute atomic E-state index is 12.5. The minimum absolute atomic E-state index is 0.0380. The molecular formula is C19H28N2O5. The predicted molar refractivity (Wildman–Crippen MR) is 97.5 cm³/mol. The fourth-order valence-electron chi connectivity index (χ4n) is 2.81. The normalized spacial score (nSPS) is 16.9. The Balaban J connectivity index is 1.82. The van der Waals surface area contributed by atoms with Gasteiger partial charge in [-0.1, -0.05) is 6.07 Å². The number of likely N-dealkylation sites (tertiary alicyclic amines) is 1. The van der Waals surface area contributed by atoms with Crippen LogP contribution < -0.4 is 14.8 Å². The number of methoxy groups -OCH3 is 1. The first-order valence-electron chi connectivity index (χ1n) is 8.81. The Kier molecular flexibility index (Phi) is 6.71. The van der Waals surface area contributed by atoms with E-state index in [9.17, 15) is 9.59 Å². The molecule has 0 saturated carbocycles. The van der Waals surface area contributed by atoms with E-state index < -0.39 is 11.7 Å². The van der Waals surface area contributed by atoms with Crippen LogP contribution in [0.5, 0.6) is 11.5 Å². The molecule has 7 heteroatoms. The van der Waals surface area contributed by atoms with E-state index in [2.05, 4.69) is 5.32 Å². The van der Waals surface area contributed by atoms with Gasteiger partial charge in [-0.25, -0.2) is 4.79 Å². The zero-order valence-corrected chi connectivity index (χ0v) is 15.9. The van der Waals surface area contributed by atoms with Crippen LogP contribution in [0.3, 0.4) is 0 Å². The molecule has 1 aromatic rings. The van der Waals surface area contributed by atoms with E-state index in [1.54, 1.807) is 24.1 Å². The number of amides is 2. The van der Waals surface area contributed by atoms with Gasteiger partial charge in [-0.2, -0.15) is 0 Å². The van der Waals surface area contributed by atoms with Crippen molar-refractivity contribution >= 4 is 12.0 Å². The lowest BCUT2D eigenvalue weighted by atomic mass is 10.2. The molecule has 0 bridgehead atoms. The molecule has 1 aliphatic rings. The van der Waals surface area contributed by atoms with Crippen LogP contribution in [-0.2, 0) is 9.53 Å². The Morgan fingerprint density at radius 1 is 1.27 bits per heavy atom. The summed E-state index contributed by atoms with van der Waals surface area (Å²) in [6, 6.07) is 7.10. The van der Waals surface area contributed by atoms with Crippen LogP contribution in [0.1, 0.15) is 33.6 Å². The van der Waals surface area contributed by atoms with Gasteiger partial charge in [-0.05, 0) is 45.7 Å². The monoisotopic (exact) mass is 364 g/mol. The van der Waals surface area contributed by atoms with Gasteiger partial charge in [0.15, 0.2) is 6.61 Å². The number of hydrogen-bond donors (Lipinski definition) is 1. The molecule has 2 amide bonds. The molecule has 1 heterocycles. The topological polar surface area (TPSA) is 77.1 Å². The fourth-order valence-corrected chi connectivity index (χ4v) is 2.81. The highest BCUT2D eigenvalue weighted by atomic mass is 16.6. The first-order chi connectivity index (χ1) is 12.3.